The van der Waals surface area contributed by atoms with Crippen molar-refractivity contribution in [3.05, 3.63) is 24.0 Å². The number of carboxylic acid groups (broad SMARTS) is 1. The Balaban J connectivity index is 2.91. The molecule has 8 heteroatoms. The Morgan fingerprint density at radius 2 is 1.94 bits per heavy atom. The molecular weight excluding hydrogens is 258 g/mol. The average molecular weight is 273 g/mol. The summed E-state index contributed by atoms with van der Waals surface area (Å²) in [5.74, 6) is -1.17. The van der Waals surface area contributed by atoms with Crippen LogP contribution in [-0.2, 0) is 10.2 Å². The first kappa shape index (κ1) is 14.4. The Morgan fingerprint density at radius 3 is 2.44 bits per heavy atom. The summed E-state index contributed by atoms with van der Waals surface area (Å²) >= 11 is 0. The summed E-state index contributed by atoms with van der Waals surface area (Å²) in [6, 6.07) is 1.19. The first-order valence-electron chi connectivity index (χ1n) is 5.09. The number of rotatable bonds is 4. The molecule has 0 bridgehead atoms. The molecule has 1 heterocycles. The second-order valence-electron chi connectivity index (χ2n) is 4.73. The zero-order valence-electron chi connectivity index (χ0n) is 10.3. The molecule has 0 radical (unpaired) electrons. The summed E-state index contributed by atoms with van der Waals surface area (Å²) in [7, 11) is -3.77. The standard InChI is InChI=1S/C10H15N3O4S/c1-10(2,3)13-18(16,17)12-8-4-7(9(14)15)5-11-6-8/h4-6,12-13H,1-3H3,(H,14,15). The van der Waals surface area contributed by atoms with Crippen molar-refractivity contribution in [2.45, 2.75) is 26.3 Å². The summed E-state index contributed by atoms with van der Waals surface area (Å²) in [5, 5.41) is 8.76. The van der Waals surface area contributed by atoms with Crippen molar-refractivity contribution in [2.75, 3.05) is 4.72 Å². The van der Waals surface area contributed by atoms with Gasteiger partial charge in [0.1, 0.15) is 0 Å². The van der Waals surface area contributed by atoms with Crippen molar-refractivity contribution in [1.29, 1.82) is 0 Å². The highest BCUT2D eigenvalue weighted by atomic mass is 32.2. The van der Waals surface area contributed by atoms with E-state index in [9.17, 15) is 13.2 Å². The van der Waals surface area contributed by atoms with E-state index < -0.39 is 21.7 Å². The SMILES string of the molecule is CC(C)(C)NS(=O)(=O)Nc1cncc(C(=O)O)c1. The maximum absolute atomic E-state index is 11.7. The second-order valence-corrected chi connectivity index (χ2v) is 6.14. The normalized spacial score (nSPS) is 12.2. The van der Waals surface area contributed by atoms with Gasteiger partial charge in [0.15, 0.2) is 0 Å². The summed E-state index contributed by atoms with van der Waals surface area (Å²) in [6.07, 6.45) is 2.37. The second kappa shape index (κ2) is 4.91. The zero-order chi connectivity index (χ0) is 14.0. The van der Waals surface area contributed by atoms with Gasteiger partial charge in [-0.25, -0.2) is 4.79 Å². The molecule has 0 spiro atoms. The van der Waals surface area contributed by atoms with Gasteiger partial charge in [0.05, 0.1) is 17.4 Å². The molecule has 0 aliphatic carbocycles. The molecule has 0 amide bonds. The molecule has 1 aromatic heterocycles. The molecule has 0 saturated carbocycles. The molecule has 0 fully saturated rings. The van der Waals surface area contributed by atoms with Gasteiger partial charge in [-0.15, -0.1) is 0 Å². The molecule has 1 rings (SSSR count). The molecule has 0 saturated heterocycles. The van der Waals surface area contributed by atoms with Crippen molar-refractivity contribution in [3.63, 3.8) is 0 Å². The van der Waals surface area contributed by atoms with Crippen molar-refractivity contribution >= 4 is 21.9 Å². The summed E-state index contributed by atoms with van der Waals surface area (Å²) in [5.41, 5.74) is -0.637. The third-order valence-corrected chi connectivity index (χ3v) is 3.06. The van der Waals surface area contributed by atoms with E-state index in [-0.39, 0.29) is 11.3 Å². The smallest absolute Gasteiger partial charge is 0.337 e. The zero-order valence-corrected chi connectivity index (χ0v) is 11.1. The van der Waals surface area contributed by atoms with E-state index in [4.69, 9.17) is 5.11 Å². The molecule has 1 aromatic rings. The van der Waals surface area contributed by atoms with E-state index in [1.54, 1.807) is 20.8 Å². The Hall–Kier alpha value is -1.67. The Bertz CT molecular complexity index is 548. The van der Waals surface area contributed by atoms with Crippen LogP contribution in [0.15, 0.2) is 18.5 Å². The average Bonchev–Trinajstić information content (AvgIpc) is 2.12. The van der Waals surface area contributed by atoms with Gasteiger partial charge in [0.2, 0.25) is 0 Å². The Kier molecular flexibility index (Phi) is 3.92. The number of carbonyl (C=O) groups is 1. The van der Waals surface area contributed by atoms with Crippen LogP contribution in [0, 0.1) is 0 Å². The fraction of sp³-hybridized carbons (Fsp3) is 0.400. The number of hydrogen-bond acceptors (Lipinski definition) is 4. The van der Waals surface area contributed by atoms with Crippen LogP contribution in [-0.4, -0.2) is 30.0 Å². The van der Waals surface area contributed by atoms with Crippen LogP contribution in [0.4, 0.5) is 5.69 Å². The minimum Gasteiger partial charge on any atom is -0.478 e. The van der Waals surface area contributed by atoms with E-state index in [0.29, 0.717) is 0 Å². The van der Waals surface area contributed by atoms with E-state index in [0.717, 1.165) is 6.20 Å². The largest absolute Gasteiger partial charge is 0.478 e. The fourth-order valence-electron chi connectivity index (χ4n) is 1.20. The van der Waals surface area contributed by atoms with E-state index in [1.807, 2.05) is 0 Å². The molecule has 0 aliphatic heterocycles. The van der Waals surface area contributed by atoms with Crippen LogP contribution in [0.25, 0.3) is 0 Å². The lowest BCUT2D eigenvalue weighted by Crippen LogP contribution is -2.43. The highest BCUT2D eigenvalue weighted by molar-refractivity contribution is 7.90. The topological polar surface area (TPSA) is 108 Å². The van der Waals surface area contributed by atoms with Gasteiger partial charge in [-0.2, -0.15) is 13.1 Å². The minimum atomic E-state index is -3.77. The van der Waals surface area contributed by atoms with E-state index in [1.165, 1.54) is 12.3 Å². The van der Waals surface area contributed by atoms with Crippen molar-refractivity contribution in [3.8, 4) is 0 Å². The number of pyridine rings is 1. The van der Waals surface area contributed by atoms with Gasteiger partial charge < -0.3 is 5.11 Å². The van der Waals surface area contributed by atoms with Crippen LogP contribution in [0.2, 0.25) is 0 Å². The van der Waals surface area contributed by atoms with Crippen molar-refractivity contribution in [2.24, 2.45) is 0 Å². The maximum Gasteiger partial charge on any atom is 0.337 e. The minimum absolute atomic E-state index is 0.0895. The summed E-state index contributed by atoms with van der Waals surface area (Å²) < 4.78 is 28.0. The molecular formula is C10H15N3O4S. The third-order valence-electron chi connectivity index (χ3n) is 1.68. The Labute approximate surface area is 105 Å². The number of nitrogens with zero attached hydrogens (tertiary/aromatic N) is 1. The predicted molar refractivity (Wildman–Crippen MR) is 66.6 cm³/mol. The first-order chi connectivity index (χ1) is 8.09. The van der Waals surface area contributed by atoms with Gasteiger partial charge in [-0.05, 0) is 26.8 Å². The quantitative estimate of drug-likeness (QED) is 0.752. The number of aromatic nitrogens is 1. The molecule has 0 unspecified atom stereocenters. The summed E-state index contributed by atoms with van der Waals surface area (Å²) in [4.78, 5) is 14.4. The molecule has 0 aromatic carbocycles. The van der Waals surface area contributed by atoms with Crippen LogP contribution in [0.5, 0.6) is 0 Å². The number of anilines is 1. The first-order valence-corrected chi connectivity index (χ1v) is 6.57. The van der Waals surface area contributed by atoms with Crippen LogP contribution in [0.1, 0.15) is 31.1 Å². The fourth-order valence-corrected chi connectivity index (χ4v) is 2.48. The lowest BCUT2D eigenvalue weighted by atomic mass is 10.1. The van der Waals surface area contributed by atoms with Crippen molar-refractivity contribution < 1.29 is 18.3 Å². The number of nitrogens with one attached hydrogen (secondary N) is 2. The van der Waals surface area contributed by atoms with E-state index in [2.05, 4.69) is 14.4 Å². The summed E-state index contributed by atoms with van der Waals surface area (Å²) in [6.45, 7) is 5.08. The van der Waals surface area contributed by atoms with Gasteiger partial charge in [0, 0.05) is 11.7 Å². The highest BCUT2D eigenvalue weighted by Gasteiger charge is 2.20. The van der Waals surface area contributed by atoms with Gasteiger partial charge >= 0.3 is 5.97 Å². The van der Waals surface area contributed by atoms with Crippen LogP contribution >= 0.6 is 0 Å². The lowest BCUT2D eigenvalue weighted by molar-refractivity contribution is 0.0696. The Morgan fingerprint density at radius 1 is 1.33 bits per heavy atom. The van der Waals surface area contributed by atoms with Gasteiger partial charge in [-0.3, -0.25) is 9.71 Å². The molecule has 0 aliphatic rings. The van der Waals surface area contributed by atoms with E-state index >= 15 is 0 Å². The maximum atomic E-state index is 11.7. The lowest BCUT2D eigenvalue weighted by Gasteiger charge is -2.20. The number of hydrogen-bond donors (Lipinski definition) is 3. The molecule has 0 atom stereocenters. The number of aromatic carboxylic acids is 1. The van der Waals surface area contributed by atoms with Crippen molar-refractivity contribution in [1.82, 2.24) is 9.71 Å². The number of carboxylic acids is 1. The molecule has 18 heavy (non-hydrogen) atoms. The van der Waals surface area contributed by atoms with Crippen LogP contribution in [0.3, 0.4) is 0 Å². The molecule has 7 nitrogen and oxygen atoms in total. The van der Waals surface area contributed by atoms with Crippen LogP contribution < -0.4 is 9.44 Å². The highest BCUT2D eigenvalue weighted by Crippen LogP contribution is 2.11. The molecule has 100 valence electrons. The van der Waals surface area contributed by atoms with Gasteiger partial charge in [0.25, 0.3) is 10.2 Å². The predicted octanol–water partition coefficient (Wildman–Crippen LogP) is 0.825. The molecule has 3 N–H and O–H groups in total. The monoisotopic (exact) mass is 273 g/mol. The van der Waals surface area contributed by atoms with Gasteiger partial charge in [-0.1, -0.05) is 0 Å². The third kappa shape index (κ3) is 4.68.